The molecule has 0 radical (unpaired) electrons. The number of carbonyl (C=O) groups is 1. The Morgan fingerprint density at radius 1 is 1.02 bits per heavy atom. The van der Waals surface area contributed by atoms with E-state index in [0.717, 1.165) is 74.3 Å². The lowest BCUT2D eigenvalue weighted by atomic mass is 9.41. The van der Waals surface area contributed by atoms with Crippen LogP contribution in [0.2, 0.25) is 0 Å². The van der Waals surface area contributed by atoms with Crippen LogP contribution in [-0.2, 0) is 10.2 Å². The standard InChI is InChI=1S/C32H32FN5O2/c1-34-25-7-3-6-24(35-25)22-4-2-5-23(16-22)38(28(39)31-17-32(33,18-31)19-31)20-29-10-13-30(14-11-29,15-12-29)27-36-26(37-40-27)21-8-9-21/h2-7,16,21H,8-15,17-20H2. The maximum atomic E-state index is 14.5. The Balaban J connectivity index is 1.08. The van der Waals surface area contributed by atoms with Gasteiger partial charge in [0, 0.05) is 29.1 Å². The van der Waals surface area contributed by atoms with Crippen LogP contribution < -0.4 is 4.90 Å². The molecule has 40 heavy (non-hydrogen) atoms. The fourth-order valence-corrected chi connectivity index (χ4v) is 8.05. The van der Waals surface area contributed by atoms with E-state index in [2.05, 4.69) is 15.0 Å². The average Bonchev–Trinajstić information content (AvgIpc) is 3.70. The van der Waals surface area contributed by atoms with Crippen molar-refractivity contribution in [2.45, 2.75) is 87.6 Å². The van der Waals surface area contributed by atoms with Gasteiger partial charge >= 0.3 is 0 Å². The van der Waals surface area contributed by atoms with Crippen molar-refractivity contribution in [3.63, 3.8) is 0 Å². The zero-order valence-corrected chi connectivity index (χ0v) is 22.5. The van der Waals surface area contributed by atoms with Gasteiger partial charge in [0.1, 0.15) is 5.67 Å². The summed E-state index contributed by atoms with van der Waals surface area (Å²) in [5, 5.41) is 4.30. The summed E-state index contributed by atoms with van der Waals surface area (Å²) in [4.78, 5) is 28.9. The number of halogens is 1. The smallest absolute Gasteiger partial charge is 0.270 e. The Morgan fingerprint density at radius 2 is 1.75 bits per heavy atom. The monoisotopic (exact) mass is 537 g/mol. The van der Waals surface area contributed by atoms with Gasteiger partial charge in [-0.1, -0.05) is 29.9 Å². The zero-order chi connectivity index (χ0) is 27.2. The molecular weight excluding hydrogens is 505 g/mol. The number of benzene rings is 1. The van der Waals surface area contributed by atoms with Crippen LogP contribution in [0, 0.1) is 17.4 Å². The molecule has 7 fully saturated rings. The summed E-state index contributed by atoms with van der Waals surface area (Å²) in [7, 11) is 0. The van der Waals surface area contributed by atoms with Crippen molar-refractivity contribution >= 4 is 17.4 Å². The molecule has 7 saturated carbocycles. The lowest BCUT2D eigenvalue weighted by Crippen LogP contribution is -2.71. The molecule has 204 valence electrons. The molecule has 7 aliphatic carbocycles. The molecule has 7 aliphatic rings. The van der Waals surface area contributed by atoms with E-state index in [1.807, 2.05) is 41.3 Å². The van der Waals surface area contributed by atoms with Crippen LogP contribution >= 0.6 is 0 Å². The van der Waals surface area contributed by atoms with Gasteiger partial charge in [-0.05, 0) is 100 Å². The topological polar surface area (TPSA) is 76.5 Å². The normalized spacial score (nSPS) is 33.5. The fraction of sp³-hybridized carbons (Fsp3) is 0.531. The van der Waals surface area contributed by atoms with E-state index in [1.165, 1.54) is 0 Å². The Hall–Kier alpha value is -3.60. The molecule has 2 aromatic heterocycles. The molecule has 7 nitrogen and oxygen atoms in total. The van der Waals surface area contributed by atoms with Gasteiger partial charge in [0.05, 0.1) is 5.41 Å². The van der Waals surface area contributed by atoms with Crippen LogP contribution in [0.4, 0.5) is 15.9 Å². The lowest BCUT2D eigenvalue weighted by Gasteiger charge is -2.65. The molecular formula is C32H32FN5O2. The van der Waals surface area contributed by atoms with Gasteiger partial charge in [0.15, 0.2) is 11.5 Å². The van der Waals surface area contributed by atoms with E-state index < -0.39 is 11.1 Å². The summed E-state index contributed by atoms with van der Waals surface area (Å²) in [6.07, 6.45) is 9.36. The number of hydrogen-bond acceptors (Lipinski definition) is 5. The summed E-state index contributed by atoms with van der Waals surface area (Å²) in [6, 6.07) is 13.3. The maximum absolute atomic E-state index is 14.5. The minimum atomic E-state index is -1.13. The number of alkyl halides is 1. The van der Waals surface area contributed by atoms with Gasteiger partial charge in [-0.2, -0.15) is 4.98 Å². The Kier molecular flexibility index (Phi) is 4.97. The minimum Gasteiger partial charge on any atom is -0.361 e. The van der Waals surface area contributed by atoms with Gasteiger partial charge in [-0.3, -0.25) is 4.79 Å². The summed E-state index contributed by atoms with van der Waals surface area (Å²) in [5.41, 5.74) is 0.699. The van der Waals surface area contributed by atoms with Crippen molar-refractivity contribution in [2.75, 3.05) is 11.4 Å². The van der Waals surface area contributed by atoms with Crippen molar-refractivity contribution in [1.82, 2.24) is 15.1 Å². The van der Waals surface area contributed by atoms with Gasteiger partial charge in [-0.15, -0.1) is 4.98 Å². The molecule has 4 bridgehead atoms. The quantitative estimate of drug-likeness (QED) is 0.301. The molecule has 0 unspecified atom stereocenters. The molecule has 8 heteroatoms. The van der Waals surface area contributed by atoms with Crippen molar-refractivity contribution < 1.29 is 13.7 Å². The lowest BCUT2D eigenvalue weighted by molar-refractivity contribution is -0.211. The van der Waals surface area contributed by atoms with Crippen LogP contribution in [-0.4, -0.2) is 33.2 Å². The third-order valence-electron chi connectivity index (χ3n) is 10.7. The first-order valence-electron chi connectivity index (χ1n) is 14.6. The van der Waals surface area contributed by atoms with Crippen molar-refractivity contribution in [1.29, 1.82) is 0 Å². The highest BCUT2D eigenvalue weighted by Crippen LogP contribution is 2.70. The molecule has 0 N–H and O–H groups in total. The molecule has 0 saturated heterocycles. The minimum absolute atomic E-state index is 0.0198. The number of rotatable bonds is 7. The van der Waals surface area contributed by atoms with Gasteiger partial charge < -0.3 is 14.3 Å². The molecule has 0 aliphatic heterocycles. The van der Waals surface area contributed by atoms with Crippen LogP contribution in [0.1, 0.15) is 88.3 Å². The third kappa shape index (κ3) is 3.66. The third-order valence-corrected chi connectivity index (χ3v) is 10.7. The van der Waals surface area contributed by atoms with Gasteiger partial charge in [0.2, 0.25) is 11.8 Å². The van der Waals surface area contributed by atoms with Crippen LogP contribution in [0.25, 0.3) is 16.1 Å². The number of amides is 1. The number of pyridine rings is 1. The van der Waals surface area contributed by atoms with E-state index in [-0.39, 0.29) is 16.7 Å². The van der Waals surface area contributed by atoms with E-state index in [0.29, 0.717) is 43.2 Å². The highest BCUT2D eigenvalue weighted by Gasteiger charge is 2.73. The second-order valence-corrected chi connectivity index (χ2v) is 13.4. The molecule has 0 spiro atoms. The van der Waals surface area contributed by atoms with Crippen molar-refractivity contribution in [3.8, 4) is 11.3 Å². The highest BCUT2D eigenvalue weighted by atomic mass is 19.1. The van der Waals surface area contributed by atoms with E-state index >= 15 is 0 Å². The number of nitrogens with zero attached hydrogens (tertiary/aromatic N) is 5. The predicted octanol–water partition coefficient (Wildman–Crippen LogP) is 7.08. The first-order valence-corrected chi connectivity index (χ1v) is 14.6. The average molecular weight is 538 g/mol. The first-order chi connectivity index (χ1) is 19.3. The van der Waals surface area contributed by atoms with E-state index in [1.54, 1.807) is 6.07 Å². The molecule has 3 aromatic rings. The van der Waals surface area contributed by atoms with Crippen molar-refractivity contribution in [3.05, 3.63) is 65.6 Å². The molecule has 10 rings (SSSR count). The summed E-state index contributed by atoms with van der Waals surface area (Å²) in [6.45, 7) is 7.97. The largest absolute Gasteiger partial charge is 0.361 e. The fourth-order valence-electron chi connectivity index (χ4n) is 8.05. The molecule has 0 atom stereocenters. The number of fused-ring (bicyclic) bond motifs is 3. The Labute approximate surface area is 233 Å². The zero-order valence-electron chi connectivity index (χ0n) is 22.5. The van der Waals surface area contributed by atoms with Crippen LogP contribution in [0.3, 0.4) is 0 Å². The van der Waals surface area contributed by atoms with E-state index in [4.69, 9.17) is 16.1 Å². The SMILES string of the molecule is [C-]#[N+]c1cccc(-c2cccc(N(CC34CCC(c5nc(C6CC6)no5)(CC3)CC4)C(=O)C34CC(F)(C3)C4)c2)n1. The van der Waals surface area contributed by atoms with E-state index in [9.17, 15) is 9.18 Å². The van der Waals surface area contributed by atoms with Crippen LogP contribution in [0.15, 0.2) is 47.0 Å². The van der Waals surface area contributed by atoms with Crippen LogP contribution in [0.5, 0.6) is 0 Å². The second-order valence-electron chi connectivity index (χ2n) is 13.4. The highest BCUT2D eigenvalue weighted by molar-refractivity contribution is 6.00. The second kappa shape index (κ2) is 8.22. The molecule has 2 heterocycles. The van der Waals surface area contributed by atoms with Crippen molar-refractivity contribution in [2.24, 2.45) is 10.8 Å². The van der Waals surface area contributed by atoms with Gasteiger partial charge in [0.25, 0.3) is 5.82 Å². The number of aromatic nitrogens is 3. The number of anilines is 1. The molecule has 1 amide bonds. The predicted molar refractivity (Wildman–Crippen MR) is 146 cm³/mol. The Morgan fingerprint density at radius 3 is 2.42 bits per heavy atom. The maximum Gasteiger partial charge on any atom is 0.270 e. The van der Waals surface area contributed by atoms with Gasteiger partial charge in [-0.25, -0.2) is 4.39 Å². The number of hydrogen-bond donors (Lipinski definition) is 0. The summed E-state index contributed by atoms with van der Waals surface area (Å²) < 4.78 is 20.4. The summed E-state index contributed by atoms with van der Waals surface area (Å²) in [5.74, 6) is 2.59. The molecule has 1 aromatic carbocycles. The first kappa shape index (κ1) is 24.2. The Bertz CT molecular complexity index is 1520. The summed E-state index contributed by atoms with van der Waals surface area (Å²) >= 11 is 0. The number of carbonyl (C=O) groups excluding carboxylic acids is 1.